The van der Waals surface area contributed by atoms with Crippen molar-refractivity contribution in [3.63, 3.8) is 0 Å². The molecule has 1 saturated carbocycles. The first-order chi connectivity index (χ1) is 9.06. The first-order valence-electron chi connectivity index (χ1n) is 7.59. The van der Waals surface area contributed by atoms with Gasteiger partial charge in [-0.25, -0.2) is 0 Å². The molecule has 1 aromatic carbocycles. The summed E-state index contributed by atoms with van der Waals surface area (Å²) in [6, 6.07) is 6.80. The molecule has 0 heterocycles. The van der Waals surface area contributed by atoms with E-state index >= 15 is 0 Å². The Hall–Kier alpha value is -0.690. The summed E-state index contributed by atoms with van der Waals surface area (Å²) in [6.45, 7) is 6.83. The number of anilines is 1. The number of rotatable bonds is 3. The summed E-state index contributed by atoms with van der Waals surface area (Å²) in [5.41, 5.74) is 2.37. The van der Waals surface area contributed by atoms with Crippen LogP contribution in [0.25, 0.3) is 0 Å². The van der Waals surface area contributed by atoms with E-state index < -0.39 is 0 Å². The van der Waals surface area contributed by atoms with Crippen LogP contribution in [0, 0.1) is 18.8 Å². The number of benzene rings is 1. The first-order valence-corrected chi connectivity index (χ1v) is 7.96. The molecule has 0 saturated heterocycles. The minimum Gasteiger partial charge on any atom is -0.381 e. The van der Waals surface area contributed by atoms with E-state index in [0.717, 1.165) is 22.5 Å². The second kappa shape index (κ2) is 6.65. The van der Waals surface area contributed by atoms with E-state index in [9.17, 15) is 0 Å². The van der Waals surface area contributed by atoms with Crippen LogP contribution in [-0.4, -0.2) is 6.04 Å². The van der Waals surface area contributed by atoms with Gasteiger partial charge >= 0.3 is 0 Å². The quantitative estimate of drug-likeness (QED) is 0.704. The van der Waals surface area contributed by atoms with Crippen LogP contribution in [0.5, 0.6) is 0 Å². The second-order valence-electron chi connectivity index (χ2n) is 6.34. The Labute approximate surface area is 122 Å². The van der Waals surface area contributed by atoms with Gasteiger partial charge in [0.2, 0.25) is 0 Å². The first kappa shape index (κ1) is 14.7. The molecule has 1 fully saturated rings. The normalized spacial score (nSPS) is 24.3. The number of nitrogens with one attached hydrogen (secondary N) is 1. The SMILES string of the molecule is Cc1ccc(Cl)c(NC2CCCC(C(C)C)CC2)c1. The molecule has 1 aliphatic rings. The van der Waals surface area contributed by atoms with Crippen LogP contribution >= 0.6 is 11.6 Å². The lowest BCUT2D eigenvalue weighted by molar-refractivity contribution is 0.341. The van der Waals surface area contributed by atoms with E-state index in [1.165, 1.54) is 37.7 Å². The maximum atomic E-state index is 6.27. The predicted octanol–water partition coefficient (Wildman–Crippen LogP) is 5.67. The molecule has 0 aromatic heterocycles. The smallest absolute Gasteiger partial charge is 0.0637 e. The van der Waals surface area contributed by atoms with Crippen LogP contribution in [-0.2, 0) is 0 Å². The molecular formula is C17H26ClN. The zero-order valence-electron chi connectivity index (χ0n) is 12.4. The van der Waals surface area contributed by atoms with E-state index in [2.05, 4.69) is 38.2 Å². The highest BCUT2D eigenvalue weighted by Gasteiger charge is 2.21. The average Bonchev–Trinajstić information content (AvgIpc) is 2.59. The van der Waals surface area contributed by atoms with Crippen molar-refractivity contribution in [3.8, 4) is 0 Å². The van der Waals surface area contributed by atoms with Crippen molar-refractivity contribution in [3.05, 3.63) is 28.8 Å². The molecule has 0 amide bonds. The Balaban J connectivity index is 1.98. The van der Waals surface area contributed by atoms with E-state index in [0.29, 0.717) is 6.04 Å². The molecule has 1 aromatic rings. The number of aryl methyl sites for hydroxylation is 1. The third-order valence-corrected chi connectivity index (χ3v) is 4.77. The third kappa shape index (κ3) is 4.14. The van der Waals surface area contributed by atoms with Crippen molar-refractivity contribution < 1.29 is 0 Å². The summed E-state index contributed by atoms with van der Waals surface area (Å²) in [5, 5.41) is 4.50. The Kier molecular flexibility index (Phi) is 5.15. The molecule has 19 heavy (non-hydrogen) atoms. The van der Waals surface area contributed by atoms with Gasteiger partial charge in [-0.2, -0.15) is 0 Å². The maximum Gasteiger partial charge on any atom is 0.0637 e. The van der Waals surface area contributed by atoms with E-state index in [1.54, 1.807) is 0 Å². The van der Waals surface area contributed by atoms with Gasteiger partial charge in [0, 0.05) is 6.04 Å². The standard InChI is InChI=1S/C17H26ClN/c1-12(2)14-5-4-6-15(9-8-14)19-17-11-13(3)7-10-16(17)18/h7,10-12,14-15,19H,4-6,8-9H2,1-3H3. The van der Waals surface area contributed by atoms with E-state index in [1.807, 2.05) is 6.07 Å². The molecule has 2 heteroatoms. The summed E-state index contributed by atoms with van der Waals surface area (Å²) < 4.78 is 0. The van der Waals surface area contributed by atoms with Crippen LogP contribution in [0.1, 0.15) is 51.5 Å². The Morgan fingerprint density at radius 2 is 1.95 bits per heavy atom. The Bertz CT molecular complexity index is 414. The van der Waals surface area contributed by atoms with Gasteiger partial charge in [-0.15, -0.1) is 0 Å². The van der Waals surface area contributed by atoms with Crippen LogP contribution in [0.3, 0.4) is 0 Å². The molecule has 2 atom stereocenters. The largest absolute Gasteiger partial charge is 0.381 e. The van der Waals surface area contributed by atoms with Crippen molar-refractivity contribution in [2.75, 3.05) is 5.32 Å². The highest BCUT2D eigenvalue weighted by Crippen LogP contribution is 2.31. The van der Waals surface area contributed by atoms with Crippen LogP contribution in [0.15, 0.2) is 18.2 Å². The van der Waals surface area contributed by atoms with Gasteiger partial charge in [-0.3, -0.25) is 0 Å². The summed E-state index contributed by atoms with van der Waals surface area (Å²) in [7, 11) is 0. The highest BCUT2D eigenvalue weighted by molar-refractivity contribution is 6.33. The molecule has 1 nitrogen and oxygen atoms in total. The summed E-state index contributed by atoms with van der Waals surface area (Å²) in [4.78, 5) is 0. The van der Waals surface area contributed by atoms with Crippen molar-refractivity contribution in [2.45, 2.75) is 58.9 Å². The fourth-order valence-electron chi connectivity index (χ4n) is 3.11. The van der Waals surface area contributed by atoms with Crippen LogP contribution < -0.4 is 5.32 Å². The monoisotopic (exact) mass is 279 g/mol. The zero-order chi connectivity index (χ0) is 13.8. The van der Waals surface area contributed by atoms with Gasteiger partial charge in [0.1, 0.15) is 0 Å². The van der Waals surface area contributed by atoms with Gasteiger partial charge < -0.3 is 5.32 Å². The van der Waals surface area contributed by atoms with Crippen molar-refractivity contribution in [1.82, 2.24) is 0 Å². The molecule has 0 radical (unpaired) electrons. The summed E-state index contributed by atoms with van der Waals surface area (Å²) >= 11 is 6.27. The second-order valence-corrected chi connectivity index (χ2v) is 6.74. The lowest BCUT2D eigenvalue weighted by Gasteiger charge is -2.20. The average molecular weight is 280 g/mol. The molecule has 0 aliphatic heterocycles. The Morgan fingerprint density at radius 3 is 2.68 bits per heavy atom. The molecular weight excluding hydrogens is 254 g/mol. The molecule has 2 rings (SSSR count). The molecule has 2 unspecified atom stereocenters. The van der Waals surface area contributed by atoms with Crippen molar-refractivity contribution in [1.29, 1.82) is 0 Å². The van der Waals surface area contributed by atoms with Gasteiger partial charge in [0.05, 0.1) is 10.7 Å². The lowest BCUT2D eigenvalue weighted by Crippen LogP contribution is -2.19. The van der Waals surface area contributed by atoms with Gasteiger partial charge in [0.25, 0.3) is 0 Å². The van der Waals surface area contributed by atoms with Crippen LogP contribution in [0.2, 0.25) is 5.02 Å². The van der Waals surface area contributed by atoms with E-state index in [4.69, 9.17) is 11.6 Å². The summed E-state index contributed by atoms with van der Waals surface area (Å²) in [6.07, 6.45) is 6.61. The van der Waals surface area contributed by atoms with Crippen LogP contribution in [0.4, 0.5) is 5.69 Å². The summed E-state index contributed by atoms with van der Waals surface area (Å²) in [5.74, 6) is 1.72. The number of hydrogen-bond donors (Lipinski definition) is 1. The maximum absolute atomic E-state index is 6.27. The fraction of sp³-hybridized carbons (Fsp3) is 0.647. The van der Waals surface area contributed by atoms with Crippen molar-refractivity contribution >= 4 is 17.3 Å². The van der Waals surface area contributed by atoms with Gasteiger partial charge in [0.15, 0.2) is 0 Å². The fourth-order valence-corrected chi connectivity index (χ4v) is 3.28. The molecule has 0 bridgehead atoms. The molecule has 1 N–H and O–H groups in total. The highest BCUT2D eigenvalue weighted by atomic mass is 35.5. The van der Waals surface area contributed by atoms with Gasteiger partial charge in [-0.1, -0.05) is 44.4 Å². The molecule has 0 spiro atoms. The molecule has 106 valence electrons. The Morgan fingerprint density at radius 1 is 1.16 bits per heavy atom. The topological polar surface area (TPSA) is 12.0 Å². The lowest BCUT2D eigenvalue weighted by atomic mass is 9.89. The predicted molar refractivity (Wildman–Crippen MR) is 85.0 cm³/mol. The zero-order valence-corrected chi connectivity index (χ0v) is 13.1. The third-order valence-electron chi connectivity index (χ3n) is 4.44. The minimum absolute atomic E-state index is 0.586. The number of hydrogen-bond acceptors (Lipinski definition) is 1. The van der Waals surface area contributed by atoms with E-state index in [-0.39, 0.29) is 0 Å². The number of halogens is 1. The van der Waals surface area contributed by atoms with Crippen molar-refractivity contribution in [2.24, 2.45) is 11.8 Å². The minimum atomic E-state index is 0.586. The van der Waals surface area contributed by atoms with Gasteiger partial charge in [-0.05, 0) is 55.7 Å². The molecule has 1 aliphatic carbocycles.